The number of hydrogen-bond acceptors (Lipinski definition) is 2. The normalized spacial score (nSPS) is 10.2. The first-order valence-corrected chi connectivity index (χ1v) is 6.58. The molecule has 0 aliphatic carbocycles. The van der Waals surface area contributed by atoms with E-state index in [4.69, 9.17) is 4.74 Å². The van der Waals surface area contributed by atoms with Crippen LogP contribution in [-0.4, -0.2) is 13.0 Å². The van der Waals surface area contributed by atoms with Gasteiger partial charge in [-0.1, -0.05) is 18.2 Å². The van der Waals surface area contributed by atoms with Crippen LogP contribution >= 0.6 is 0 Å². The molecule has 1 N–H and O–H groups in total. The number of rotatable bonds is 4. The van der Waals surface area contributed by atoms with Crippen LogP contribution in [0.1, 0.15) is 16.7 Å². The van der Waals surface area contributed by atoms with Crippen LogP contribution in [-0.2, 0) is 11.2 Å². The Morgan fingerprint density at radius 1 is 1.05 bits per heavy atom. The van der Waals surface area contributed by atoms with Gasteiger partial charge < -0.3 is 10.1 Å². The molecule has 0 fully saturated rings. The molecule has 20 heavy (non-hydrogen) atoms. The summed E-state index contributed by atoms with van der Waals surface area (Å²) in [6, 6.07) is 13.6. The minimum absolute atomic E-state index is 0.0137. The van der Waals surface area contributed by atoms with Crippen molar-refractivity contribution in [3.05, 3.63) is 59.2 Å². The lowest BCUT2D eigenvalue weighted by Gasteiger charge is -2.08. The molecule has 0 bridgehead atoms. The van der Waals surface area contributed by atoms with Gasteiger partial charge in [-0.15, -0.1) is 0 Å². The van der Waals surface area contributed by atoms with Gasteiger partial charge >= 0.3 is 0 Å². The molecule has 0 heterocycles. The Labute approximate surface area is 119 Å². The van der Waals surface area contributed by atoms with Gasteiger partial charge in [-0.3, -0.25) is 4.79 Å². The van der Waals surface area contributed by atoms with Crippen molar-refractivity contribution in [1.82, 2.24) is 0 Å². The van der Waals surface area contributed by atoms with Crippen LogP contribution in [0, 0.1) is 13.8 Å². The second-order valence-electron chi connectivity index (χ2n) is 4.95. The van der Waals surface area contributed by atoms with Crippen LogP contribution in [0.2, 0.25) is 0 Å². The zero-order valence-corrected chi connectivity index (χ0v) is 12.1. The van der Waals surface area contributed by atoms with Gasteiger partial charge in [0.25, 0.3) is 0 Å². The van der Waals surface area contributed by atoms with Crippen LogP contribution in [0.3, 0.4) is 0 Å². The number of nitrogens with one attached hydrogen (secondary N) is 1. The SMILES string of the molecule is COc1ccc(CC(=O)Nc2cc(C)cc(C)c2)cc1. The standard InChI is InChI=1S/C17H19NO2/c1-12-8-13(2)10-15(9-12)18-17(19)11-14-4-6-16(20-3)7-5-14/h4-10H,11H2,1-3H3,(H,18,19). The molecule has 0 atom stereocenters. The van der Waals surface area contributed by atoms with Gasteiger partial charge in [-0.25, -0.2) is 0 Å². The van der Waals surface area contributed by atoms with E-state index < -0.39 is 0 Å². The summed E-state index contributed by atoms with van der Waals surface area (Å²) >= 11 is 0. The summed E-state index contributed by atoms with van der Waals surface area (Å²) in [7, 11) is 1.63. The number of aryl methyl sites for hydroxylation is 2. The number of amides is 1. The fourth-order valence-electron chi connectivity index (χ4n) is 2.18. The zero-order valence-electron chi connectivity index (χ0n) is 12.1. The van der Waals surface area contributed by atoms with Crippen molar-refractivity contribution >= 4 is 11.6 Å². The van der Waals surface area contributed by atoms with Gasteiger partial charge in [0.2, 0.25) is 5.91 Å². The van der Waals surface area contributed by atoms with Crippen LogP contribution < -0.4 is 10.1 Å². The molecule has 3 heteroatoms. The smallest absolute Gasteiger partial charge is 0.228 e. The second kappa shape index (κ2) is 6.24. The van der Waals surface area contributed by atoms with E-state index >= 15 is 0 Å². The van der Waals surface area contributed by atoms with E-state index in [1.807, 2.05) is 50.2 Å². The maximum atomic E-state index is 12.0. The Kier molecular flexibility index (Phi) is 4.41. The minimum atomic E-state index is -0.0137. The number of benzene rings is 2. The van der Waals surface area contributed by atoms with Crippen LogP contribution in [0.25, 0.3) is 0 Å². The van der Waals surface area contributed by atoms with Crippen LogP contribution in [0.5, 0.6) is 5.75 Å². The summed E-state index contributed by atoms with van der Waals surface area (Å²) < 4.78 is 5.10. The largest absolute Gasteiger partial charge is 0.497 e. The predicted molar refractivity (Wildman–Crippen MR) is 81.2 cm³/mol. The maximum absolute atomic E-state index is 12.0. The summed E-state index contributed by atoms with van der Waals surface area (Å²) in [6.07, 6.45) is 0.358. The Hall–Kier alpha value is -2.29. The van der Waals surface area contributed by atoms with Crippen molar-refractivity contribution in [2.24, 2.45) is 0 Å². The fraction of sp³-hybridized carbons (Fsp3) is 0.235. The molecule has 0 unspecified atom stereocenters. The van der Waals surface area contributed by atoms with Gasteiger partial charge in [-0.05, 0) is 54.8 Å². The van der Waals surface area contributed by atoms with E-state index in [1.54, 1.807) is 7.11 Å². The van der Waals surface area contributed by atoms with E-state index in [0.29, 0.717) is 6.42 Å². The van der Waals surface area contributed by atoms with Crippen molar-refractivity contribution in [2.45, 2.75) is 20.3 Å². The van der Waals surface area contributed by atoms with Crippen LogP contribution in [0.4, 0.5) is 5.69 Å². The highest BCUT2D eigenvalue weighted by atomic mass is 16.5. The van der Waals surface area contributed by atoms with E-state index in [1.165, 1.54) is 0 Å². The lowest BCUT2D eigenvalue weighted by atomic mass is 10.1. The highest BCUT2D eigenvalue weighted by molar-refractivity contribution is 5.92. The highest BCUT2D eigenvalue weighted by Gasteiger charge is 2.05. The topological polar surface area (TPSA) is 38.3 Å². The van der Waals surface area contributed by atoms with Gasteiger partial charge in [0, 0.05) is 5.69 Å². The van der Waals surface area contributed by atoms with E-state index in [2.05, 4.69) is 11.4 Å². The van der Waals surface area contributed by atoms with Gasteiger partial charge in [0.05, 0.1) is 13.5 Å². The van der Waals surface area contributed by atoms with Crippen molar-refractivity contribution in [3.8, 4) is 5.75 Å². The molecule has 1 amide bonds. The fourth-order valence-corrected chi connectivity index (χ4v) is 2.18. The lowest BCUT2D eigenvalue weighted by molar-refractivity contribution is -0.115. The third-order valence-corrected chi connectivity index (χ3v) is 3.03. The van der Waals surface area contributed by atoms with Crippen molar-refractivity contribution in [1.29, 1.82) is 0 Å². The Morgan fingerprint density at radius 3 is 2.20 bits per heavy atom. The van der Waals surface area contributed by atoms with E-state index in [9.17, 15) is 4.79 Å². The van der Waals surface area contributed by atoms with Gasteiger partial charge in [0.1, 0.15) is 5.75 Å². The third kappa shape index (κ3) is 3.85. The lowest BCUT2D eigenvalue weighted by Crippen LogP contribution is -2.14. The average Bonchev–Trinajstić information content (AvgIpc) is 2.38. The first-order chi connectivity index (χ1) is 9.56. The number of carbonyl (C=O) groups is 1. The minimum Gasteiger partial charge on any atom is -0.497 e. The monoisotopic (exact) mass is 269 g/mol. The van der Waals surface area contributed by atoms with Gasteiger partial charge in [-0.2, -0.15) is 0 Å². The molecule has 0 saturated heterocycles. The van der Waals surface area contributed by atoms with Crippen molar-refractivity contribution in [2.75, 3.05) is 12.4 Å². The third-order valence-electron chi connectivity index (χ3n) is 3.03. The Balaban J connectivity index is 2.01. The van der Waals surface area contributed by atoms with Crippen molar-refractivity contribution in [3.63, 3.8) is 0 Å². The number of methoxy groups -OCH3 is 1. The highest BCUT2D eigenvalue weighted by Crippen LogP contribution is 2.15. The van der Waals surface area contributed by atoms with Gasteiger partial charge in [0.15, 0.2) is 0 Å². The molecule has 0 aromatic heterocycles. The summed E-state index contributed by atoms with van der Waals surface area (Å²) in [6.45, 7) is 4.04. The molecule has 0 saturated carbocycles. The molecule has 2 rings (SSSR count). The Morgan fingerprint density at radius 2 is 1.65 bits per heavy atom. The first kappa shape index (κ1) is 14.1. The number of hydrogen-bond donors (Lipinski definition) is 1. The zero-order chi connectivity index (χ0) is 14.5. The predicted octanol–water partition coefficient (Wildman–Crippen LogP) is 3.49. The molecule has 2 aromatic rings. The molecule has 0 aliphatic rings. The average molecular weight is 269 g/mol. The van der Waals surface area contributed by atoms with E-state index in [0.717, 1.165) is 28.1 Å². The Bertz CT molecular complexity index is 583. The first-order valence-electron chi connectivity index (χ1n) is 6.58. The summed E-state index contributed by atoms with van der Waals surface area (Å²) in [5.74, 6) is 0.781. The number of carbonyl (C=O) groups excluding carboxylic acids is 1. The summed E-state index contributed by atoms with van der Waals surface area (Å²) in [5.41, 5.74) is 4.10. The summed E-state index contributed by atoms with van der Waals surface area (Å²) in [5, 5.41) is 2.93. The summed E-state index contributed by atoms with van der Waals surface area (Å²) in [4.78, 5) is 12.0. The number of ether oxygens (including phenoxy) is 1. The molecule has 0 spiro atoms. The molecule has 2 aromatic carbocycles. The van der Waals surface area contributed by atoms with E-state index in [-0.39, 0.29) is 5.91 Å². The molecular formula is C17H19NO2. The maximum Gasteiger partial charge on any atom is 0.228 e. The van der Waals surface area contributed by atoms with Crippen molar-refractivity contribution < 1.29 is 9.53 Å². The molecule has 0 aliphatic heterocycles. The number of anilines is 1. The molecule has 0 radical (unpaired) electrons. The molecule has 104 valence electrons. The van der Waals surface area contributed by atoms with Crippen LogP contribution in [0.15, 0.2) is 42.5 Å². The quantitative estimate of drug-likeness (QED) is 0.922. The second-order valence-corrected chi connectivity index (χ2v) is 4.95. The molecular weight excluding hydrogens is 250 g/mol. The molecule has 3 nitrogen and oxygen atoms in total.